The van der Waals surface area contributed by atoms with E-state index in [4.69, 9.17) is 30.5 Å². The van der Waals surface area contributed by atoms with Gasteiger partial charge in [-0.05, 0) is 35.8 Å². The molecule has 4 amide bonds. The molecule has 0 spiro atoms. The molecule has 322 valence electrons. The first-order valence-electron chi connectivity index (χ1n) is 19.4. The molecule has 0 saturated heterocycles. The average molecular weight is 830 g/mol. The zero-order valence-corrected chi connectivity index (χ0v) is 35.9. The van der Waals surface area contributed by atoms with E-state index >= 15 is 0 Å². The lowest BCUT2D eigenvalue weighted by Gasteiger charge is -2.30. The number of nitrogens with two attached hydrogens (primary N) is 2. The first-order valence-corrected chi connectivity index (χ1v) is 21.0. The number of amides is 4. The van der Waals surface area contributed by atoms with E-state index in [2.05, 4.69) is 67.7 Å². The molecule has 7 N–H and O–H groups in total. The third-order valence-corrected chi connectivity index (χ3v) is 9.76. The van der Waals surface area contributed by atoms with E-state index in [1.807, 2.05) is 26.1 Å². The summed E-state index contributed by atoms with van der Waals surface area (Å²) in [4.78, 5) is 49.3. The fraction of sp³-hybridized carbons (Fsp3) is 0.537. The number of hydrogen-bond acceptors (Lipinski definition) is 10. The van der Waals surface area contributed by atoms with Gasteiger partial charge in [-0.25, -0.2) is 4.99 Å². The number of carbonyl (C=O) groups is 4. The normalized spacial score (nSPS) is 13.9. The number of aromatic nitrogens is 1. The SMILES string of the molecule is C=c1ccn(Cc2ccc(C(C)(C)COCC(C)(C)CNC(=O)CCS(=O)(=O)O)cc2OC)/c1=C(/N=C(/N)CCC)NCCCCC.NC(=O)CN1C(=O)C=CC1=O. The van der Waals surface area contributed by atoms with Crippen molar-refractivity contribution in [3.63, 3.8) is 0 Å². The zero-order chi connectivity index (χ0) is 43.7. The summed E-state index contributed by atoms with van der Waals surface area (Å²) >= 11 is 0. The van der Waals surface area contributed by atoms with Crippen molar-refractivity contribution in [2.75, 3.05) is 45.7 Å². The van der Waals surface area contributed by atoms with Crippen LogP contribution in [0.3, 0.4) is 0 Å². The summed E-state index contributed by atoms with van der Waals surface area (Å²) in [6.45, 7) is 18.8. The van der Waals surface area contributed by atoms with E-state index in [-0.39, 0.29) is 18.4 Å². The second-order valence-electron chi connectivity index (χ2n) is 15.6. The van der Waals surface area contributed by atoms with Crippen LogP contribution in [0.25, 0.3) is 12.4 Å². The van der Waals surface area contributed by atoms with E-state index in [1.165, 1.54) is 0 Å². The summed E-state index contributed by atoms with van der Waals surface area (Å²) in [6.07, 6.45) is 8.87. The number of unbranched alkanes of at least 4 members (excludes halogenated alkanes) is 2. The highest BCUT2D eigenvalue weighted by Gasteiger charge is 2.26. The lowest BCUT2D eigenvalue weighted by molar-refractivity contribution is -0.140. The fourth-order valence-corrected chi connectivity index (χ4v) is 6.18. The number of nitrogens with zero attached hydrogens (tertiary/aromatic N) is 3. The maximum Gasteiger partial charge on any atom is 0.265 e. The second-order valence-corrected chi connectivity index (χ2v) is 17.2. The molecule has 0 radical (unpaired) electrons. The number of primary amides is 1. The number of imide groups is 1. The summed E-state index contributed by atoms with van der Waals surface area (Å²) in [5.41, 5.74) is 12.4. The molecule has 3 rings (SSSR count). The molecule has 1 aromatic heterocycles. The Kier molecular flexibility index (Phi) is 19.3. The summed E-state index contributed by atoms with van der Waals surface area (Å²) in [5, 5.41) is 8.01. The zero-order valence-electron chi connectivity index (χ0n) is 35.1. The molecule has 0 aliphatic carbocycles. The van der Waals surface area contributed by atoms with Crippen molar-refractivity contribution in [3.8, 4) is 5.75 Å². The van der Waals surface area contributed by atoms with E-state index < -0.39 is 44.9 Å². The predicted molar refractivity (Wildman–Crippen MR) is 225 cm³/mol. The van der Waals surface area contributed by atoms with E-state index in [0.717, 1.165) is 89.0 Å². The molecule has 0 saturated carbocycles. The van der Waals surface area contributed by atoms with Gasteiger partial charge in [-0.2, -0.15) is 8.42 Å². The van der Waals surface area contributed by atoms with Crippen LogP contribution < -0.4 is 37.4 Å². The number of hydrogen-bond donors (Lipinski definition) is 5. The van der Waals surface area contributed by atoms with Gasteiger partial charge in [0.05, 0.1) is 38.0 Å². The summed E-state index contributed by atoms with van der Waals surface area (Å²) in [5.74, 6) is -0.635. The van der Waals surface area contributed by atoms with Crippen molar-refractivity contribution in [2.24, 2.45) is 21.9 Å². The van der Waals surface area contributed by atoms with Crippen molar-refractivity contribution in [2.45, 2.75) is 92.0 Å². The minimum atomic E-state index is -4.18. The first-order chi connectivity index (χ1) is 27.1. The molecule has 0 atom stereocenters. The maximum absolute atomic E-state index is 12.0. The molecule has 0 unspecified atom stereocenters. The number of aliphatic imine (C=N–C) groups is 1. The molecule has 16 nitrogen and oxygen atoms in total. The molecule has 58 heavy (non-hydrogen) atoms. The van der Waals surface area contributed by atoms with Crippen molar-refractivity contribution >= 4 is 52.0 Å². The van der Waals surface area contributed by atoms with Crippen LogP contribution in [0.1, 0.15) is 91.2 Å². The van der Waals surface area contributed by atoms with Crippen LogP contribution in [0.5, 0.6) is 5.75 Å². The highest BCUT2D eigenvalue weighted by atomic mass is 32.2. The number of rotatable bonds is 23. The number of benzene rings is 1. The Hall–Kier alpha value is -5.00. The Balaban J connectivity index is 0.000000904. The number of carbonyl (C=O) groups excluding carboxylic acids is 4. The third-order valence-electron chi connectivity index (χ3n) is 9.04. The smallest absolute Gasteiger partial charge is 0.265 e. The van der Waals surface area contributed by atoms with Crippen LogP contribution in [0.2, 0.25) is 0 Å². The van der Waals surface area contributed by atoms with E-state index in [9.17, 15) is 27.6 Å². The van der Waals surface area contributed by atoms with Gasteiger partial charge in [0.1, 0.15) is 18.1 Å². The molecular formula is C41H63N7O9S. The van der Waals surface area contributed by atoms with Gasteiger partial charge in [-0.1, -0.05) is 73.1 Å². The highest BCUT2D eigenvalue weighted by Crippen LogP contribution is 2.30. The third kappa shape index (κ3) is 16.8. The van der Waals surface area contributed by atoms with E-state index in [1.54, 1.807) is 7.11 Å². The van der Waals surface area contributed by atoms with Crippen molar-refractivity contribution < 1.29 is 41.6 Å². The lowest BCUT2D eigenvalue weighted by Crippen LogP contribution is -2.38. The van der Waals surface area contributed by atoms with Crippen LogP contribution in [0.15, 0.2) is 47.6 Å². The summed E-state index contributed by atoms with van der Waals surface area (Å²) in [6, 6.07) is 8.22. The quantitative estimate of drug-likeness (QED) is 0.0357. The number of methoxy groups -OCH3 is 1. The molecule has 0 bridgehead atoms. The largest absolute Gasteiger partial charge is 0.496 e. The van der Waals surface area contributed by atoms with E-state index in [0.29, 0.717) is 32.1 Å². The van der Waals surface area contributed by atoms with Gasteiger partial charge in [-0.3, -0.25) is 28.6 Å². The van der Waals surface area contributed by atoms with Gasteiger partial charge in [-0.15, -0.1) is 0 Å². The van der Waals surface area contributed by atoms with Crippen LogP contribution in [-0.2, 0) is 46.0 Å². The van der Waals surface area contributed by atoms with Crippen molar-refractivity contribution in [1.29, 1.82) is 0 Å². The molecule has 1 aliphatic rings. The van der Waals surface area contributed by atoms with Gasteiger partial charge in [0, 0.05) is 60.7 Å². The van der Waals surface area contributed by atoms with Gasteiger partial charge in [0.15, 0.2) is 5.82 Å². The molecule has 1 aromatic carbocycles. The number of amidine groups is 1. The molecule has 17 heteroatoms. The minimum Gasteiger partial charge on any atom is -0.496 e. The highest BCUT2D eigenvalue weighted by molar-refractivity contribution is 7.85. The first kappa shape index (κ1) is 49.1. The number of nitrogens with one attached hydrogen (secondary N) is 2. The van der Waals surface area contributed by atoms with Gasteiger partial charge < -0.3 is 36.1 Å². The molecular weight excluding hydrogens is 767 g/mol. The summed E-state index contributed by atoms with van der Waals surface area (Å²) in [7, 11) is -2.51. The van der Waals surface area contributed by atoms with Gasteiger partial charge in [0.25, 0.3) is 21.9 Å². The fourth-order valence-electron chi connectivity index (χ4n) is 5.74. The monoisotopic (exact) mass is 829 g/mol. The number of ether oxygens (including phenoxy) is 2. The van der Waals surface area contributed by atoms with Crippen molar-refractivity contribution in [3.05, 3.63) is 64.3 Å². The lowest BCUT2D eigenvalue weighted by atomic mass is 9.84. The van der Waals surface area contributed by atoms with Crippen LogP contribution in [-0.4, -0.2) is 97.6 Å². The Morgan fingerprint density at radius 3 is 2.22 bits per heavy atom. The van der Waals surface area contributed by atoms with Crippen LogP contribution in [0.4, 0.5) is 0 Å². The molecule has 1 aliphatic heterocycles. The Labute approximate surface area is 342 Å². The van der Waals surface area contributed by atoms with Crippen LogP contribution in [0, 0.1) is 5.41 Å². The Morgan fingerprint density at radius 2 is 1.64 bits per heavy atom. The maximum atomic E-state index is 12.0. The molecule has 0 fully saturated rings. The van der Waals surface area contributed by atoms with Crippen molar-refractivity contribution in [1.82, 2.24) is 20.1 Å². The predicted octanol–water partition coefficient (Wildman–Crippen LogP) is 2.07. The topological polar surface area (TPSA) is 238 Å². The Morgan fingerprint density at radius 1 is 0.966 bits per heavy atom. The molecule has 2 heterocycles. The standard InChI is InChI=1S/C35H57N5O6S.C6H6N2O3/c1-9-11-12-18-37-33(39-30(36)13-10-2)32-26(3)16-19-40(32)22-27-14-15-28(21-29(27)45-8)35(6,7)25-46-24-34(4,5)23-38-31(41)17-20-47(42,43)44;7-4(9)3-8-5(10)1-2-6(8)11/h14-16,19,21,37H,3,9-13,17-18,20,22-25H2,1-2,4-8H3,(H2,36,39)(H,38,41)(H,42,43,44);1-2H,3H2,(H2,7,9)/b33-32+;. The second kappa shape index (κ2) is 22.8. The summed E-state index contributed by atoms with van der Waals surface area (Å²) < 4.78 is 44.8. The van der Waals surface area contributed by atoms with Gasteiger partial charge in [0.2, 0.25) is 11.8 Å². The minimum absolute atomic E-state index is 0.292. The Bertz CT molecular complexity index is 2000. The average Bonchev–Trinajstić information content (AvgIpc) is 3.66. The van der Waals surface area contributed by atoms with Crippen LogP contribution >= 0.6 is 0 Å². The van der Waals surface area contributed by atoms with Gasteiger partial charge >= 0.3 is 0 Å². The molecule has 2 aromatic rings.